The Bertz CT molecular complexity index is 218. The Morgan fingerprint density at radius 3 is 2.44 bits per heavy atom. The van der Waals surface area contributed by atoms with Crippen LogP contribution in [-0.4, -0.2) is 26.3 Å². The maximum absolute atomic E-state index is 8.59. The van der Waals surface area contributed by atoms with E-state index in [4.69, 9.17) is 10.00 Å². The van der Waals surface area contributed by atoms with Crippen molar-refractivity contribution in [2.24, 2.45) is 11.3 Å². The van der Waals surface area contributed by atoms with Crippen LogP contribution in [0.25, 0.3) is 0 Å². The van der Waals surface area contributed by atoms with Gasteiger partial charge < -0.3 is 10.1 Å². The Kier molecular flexibility index (Phi) is 7.36. The molecule has 16 heavy (non-hydrogen) atoms. The van der Waals surface area contributed by atoms with E-state index in [9.17, 15) is 0 Å². The maximum atomic E-state index is 8.59. The van der Waals surface area contributed by atoms with Gasteiger partial charge in [-0.2, -0.15) is 5.26 Å². The second-order valence-corrected chi connectivity index (χ2v) is 5.51. The van der Waals surface area contributed by atoms with Crippen LogP contribution in [0.2, 0.25) is 0 Å². The molecule has 1 unspecified atom stereocenters. The number of hydrogen-bond acceptors (Lipinski definition) is 3. The molecule has 0 bridgehead atoms. The first-order valence-corrected chi connectivity index (χ1v) is 6.02. The molecule has 0 amide bonds. The zero-order valence-corrected chi connectivity index (χ0v) is 11.3. The third-order valence-electron chi connectivity index (χ3n) is 2.91. The lowest BCUT2D eigenvalue weighted by Crippen LogP contribution is -2.42. The smallest absolute Gasteiger partial charge is 0.0621 e. The molecule has 3 nitrogen and oxygen atoms in total. The monoisotopic (exact) mass is 226 g/mol. The fourth-order valence-electron chi connectivity index (χ4n) is 1.56. The zero-order chi connectivity index (χ0) is 12.6. The molecule has 0 saturated carbocycles. The summed E-state index contributed by atoms with van der Waals surface area (Å²) in [6.07, 6.45) is 1.57. The van der Waals surface area contributed by atoms with E-state index in [2.05, 4.69) is 39.1 Å². The van der Waals surface area contributed by atoms with Crippen LogP contribution in [0.15, 0.2) is 0 Å². The molecule has 0 aliphatic carbocycles. The summed E-state index contributed by atoms with van der Waals surface area (Å²) in [5.41, 5.74) is 0.177. The predicted octanol–water partition coefficient (Wildman–Crippen LogP) is 2.58. The summed E-state index contributed by atoms with van der Waals surface area (Å²) in [6, 6.07) is 2.60. The zero-order valence-electron chi connectivity index (χ0n) is 11.3. The summed E-state index contributed by atoms with van der Waals surface area (Å²) in [5, 5.41) is 12.1. The van der Waals surface area contributed by atoms with E-state index in [0.717, 1.165) is 19.6 Å². The fourth-order valence-corrected chi connectivity index (χ4v) is 1.56. The molecular weight excluding hydrogens is 200 g/mol. The lowest BCUT2D eigenvalue weighted by Gasteiger charge is -2.29. The fraction of sp³-hybridized carbons (Fsp3) is 0.923. The molecule has 0 fully saturated rings. The van der Waals surface area contributed by atoms with Crippen molar-refractivity contribution in [3.63, 3.8) is 0 Å². The summed E-state index contributed by atoms with van der Waals surface area (Å²) in [4.78, 5) is 0. The van der Waals surface area contributed by atoms with Crippen molar-refractivity contribution >= 4 is 0 Å². The van der Waals surface area contributed by atoms with Gasteiger partial charge in [-0.25, -0.2) is 0 Å². The second-order valence-electron chi connectivity index (χ2n) is 5.51. The van der Waals surface area contributed by atoms with Crippen LogP contribution in [0.3, 0.4) is 0 Å². The summed E-state index contributed by atoms with van der Waals surface area (Å²) >= 11 is 0. The van der Waals surface area contributed by atoms with E-state index in [0.29, 0.717) is 18.4 Å². The molecule has 0 spiro atoms. The van der Waals surface area contributed by atoms with E-state index in [1.165, 1.54) is 0 Å². The Balaban J connectivity index is 4.03. The van der Waals surface area contributed by atoms with E-state index >= 15 is 0 Å². The minimum absolute atomic E-state index is 0.177. The number of ether oxygens (including phenoxy) is 1. The molecule has 94 valence electrons. The van der Waals surface area contributed by atoms with Gasteiger partial charge in [0, 0.05) is 26.1 Å². The van der Waals surface area contributed by atoms with Crippen molar-refractivity contribution < 1.29 is 4.74 Å². The average molecular weight is 226 g/mol. The van der Waals surface area contributed by atoms with Crippen molar-refractivity contribution in [1.82, 2.24) is 5.32 Å². The van der Waals surface area contributed by atoms with Gasteiger partial charge in [-0.1, -0.05) is 27.7 Å². The lowest BCUT2D eigenvalue weighted by molar-refractivity contribution is 0.138. The highest BCUT2D eigenvalue weighted by atomic mass is 16.5. The molecule has 1 N–H and O–H groups in total. The molecule has 0 aromatic rings. The lowest BCUT2D eigenvalue weighted by atomic mass is 9.87. The van der Waals surface area contributed by atoms with Gasteiger partial charge in [-0.15, -0.1) is 0 Å². The topological polar surface area (TPSA) is 45.0 Å². The molecule has 0 radical (unpaired) electrons. The van der Waals surface area contributed by atoms with Gasteiger partial charge in [0.05, 0.1) is 12.7 Å². The molecule has 0 heterocycles. The first-order chi connectivity index (χ1) is 7.43. The van der Waals surface area contributed by atoms with Crippen molar-refractivity contribution in [2.75, 3.05) is 20.3 Å². The van der Waals surface area contributed by atoms with Gasteiger partial charge in [0.15, 0.2) is 0 Å². The largest absolute Gasteiger partial charge is 0.383 e. The van der Waals surface area contributed by atoms with Crippen molar-refractivity contribution in [3.8, 4) is 6.07 Å². The number of nitrogens with zero attached hydrogens (tertiary/aromatic N) is 1. The molecule has 0 rings (SSSR count). The van der Waals surface area contributed by atoms with Crippen LogP contribution >= 0.6 is 0 Å². The SMILES string of the molecule is COCC(NCC(C)(C)CCC#N)C(C)C. The van der Waals surface area contributed by atoms with Crippen LogP contribution in [0, 0.1) is 22.7 Å². The van der Waals surface area contributed by atoms with Crippen LogP contribution < -0.4 is 5.32 Å². The minimum Gasteiger partial charge on any atom is -0.383 e. The molecule has 1 atom stereocenters. The highest BCUT2D eigenvalue weighted by Gasteiger charge is 2.20. The van der Waals surface area contributed by atoms with Crippen LogP contribution in [-0.2, 0) is 4.74 Å². The van der Waals surface area contributed by atoms with Crippen LogP contribution in [0.1, 0.15) is 40.5 Å². The van der Waals surface area contributed by atoms with Crippen LogP contribution in [0.4, 0.5) is 0 Å². The van der Waals surface area contributed by atoms with Gasteiger partial charge in [0.25, 0.3) is 0 Å². The molecule has 0 aliphatic rings. The summed E-state index contributed by atoms with van der Waals surface area (Å²) < 4.78 is 5.20. The Morgan fingerprint density at radius 1 is 1.38 bits per heavy atom. The first kappa shape index (κ1) is 15.4. The molecule has 0 aliphatic heterocycles. The van der Waals surface area contributed by atoms with E-state index in [1.54, 1.807) is 7.11 Å². The number of nitriles is 1. The first-order valence-electron chi connectivity index (χ1n) is 6.02. The quantitative estimate of drug-likeness (QED) is 0.692. The number of rotatable bonds is 8. The highest BCUT2D eigenvalue weighted by molar-refractivity contribution is 4.81. The Labute approximate surface area is 100 Å². The van der Waals surface area contributed by atoms with Gasteiger partial charge in [-0.05, 0) is 17.8 Å². The normalized spacial score (nSPS) is 13.8. The van der Waals surface area contributed by atoms with Gasteiger partial charge in [0.2, 0.25) is 0 Å². The Hall–Kier alpha value is -0.590. The molecular formula is C13H26N2O. The Morgan fingerprint density at radius 2 is 2.00 bits per heavy atom. The van der Waals surface area contributed by atoms with Crippen molar-refractivity contribution in [1.29, 1.82) is 5.26 Å². The third kappa shape index (κ3) is 6.81. The third-order valence-corrected chi connectivity index (χ3v) is 2.91. The minimum atomic E-state index is 0.177. The highest BCUT2D eigenvalue weighted by Crippen LogP contribution is 2.21. The standard InChI is InChI=1S/C13H26N2O/c1-11(2)12(9-16-5)15-10-13(3,4)7-6-8-14/h11-12,15H,6-7,9-10H2,1-5H3. The maximum Gasteiger partial charge on any atom is 0.0621 e. The van der Waals surface area contributed by atoms with Crippen molar-refractivity contribution in [3.05, 3.63) is 0 Å². The number of nitrogens with one attached hydrogen (secondary N) is 1. The van der Waals surface area contributed by atoms with Gasteiger partial charge in [-0.3, -0.25) is 0 Å². The van der Waals surface area contributed by atoms with E-state index in [1.807, 2.05) is 0 Å². The van der Waals surface area contributed by atoms with Gasteiger partial charge in [0.1, 0.15) is 0 Å². The molecule has 0 aromatic carbocycles. The molecule has 0 aromatic heterocycles. The summed E-state index contributed by atoms with van der Waals surface area (Å²) in [7, 11) is 1.73. The van der Waals surface area contributed by atoms with Crippen LogP contribution in [0.5, 0.6) is 0 Å². The van der Waals surface area contributed by atoms with Gasteiger partial charge >= 0.3 is 0 Å². The summed E-state index contributed by atoms with van der Waals surface area (Å²) in [5.74, 6) is 0.562. The summed E-state index contributed by atoms with van der Waals surface area (Å²) in [6.45, 7) is 10.5. The second kappa shape index (κ2) is 7.65. The molecule has 0 saturated heterocycles. The van der Waals surface area contributed by atoms with Crippen molar-refractivity contribution in [2.45, 2.75) is 46.6 Å². The molecule has 3 heteroatoms. The predicted molar refractivity (Wildman–Crippen MR) is 67.1 cm³/mol. The number of methoxy groups -OCH3 is 1. The van der Waals surface area contributed by atoms with E-state index < -0.39 is 0 Å². The average Bonchev–Trinajstić information content (AvgIpc) is 2.21. The van der Waals surface area contributed by atoms with E-state index in [-0.39, 0.29) is 5.41 Å². The number of hydrogen-bond donors (Lipinski definition) is 1.